The zero-order valence-electron chi connectivity index (χ0n) is 14.1. The zero-order valence-corrected chi connectivity index (χ0v) is 14.9. The first-order valence-corrected chi connectivity index (χ1v) is 8.70. The average molecular weight is 376 g/mol. The molecule has 1 fully saturated rings. The highest BCUT2D eigenvalue weighted by Gasteiger charge is 2.21. The van der Waals surface area contributed by atoms with Crippen LogP contribution in [-0.2, 0) is 4.74 Å². The van der Waals surface area contributed by atoms with Crippen molar-refractivity contribution in [2.75, 3.05) is 19.0 Å². The van der Waals surface area contributed by atoms with E-state index in [0.717, 1.165) is 19.3 Å². The molecule has 0 aliphatic carbocycles. The maximum atomic E-state index is 10.00. The van der Waals surface area contributed by atoms with Gasteiger partial charge in [-0.2, -0.15) is 9.97 Å². The van der Waals surface area contributed by atoms with Crippen LogP contribution in [-0.4, -0.2) is 38.3 Å². The highest BCUT2D eigenvalue weighted by Crippen LogP contribution is 2.35. The second-order valence-corrected chi connectivity index (χ2v) is 6.34. The van der Waals surface area contributed by atoms with E-state index >= 15 is 0 Å². The van der Waals surface area contributed by atoms with Gasteiger partial charge < -0.3 is 19.9 Å². The molecule has 9 heteroatoms. The molecule has 3 heterocycles. The molecule has 8 nitrogen and oxygen atoms in total. The van der Waals surface area contributed by atoms with Crippen molar-refractivity contribution in [2.24, 2.45) is 0 Å². The van der Waals surface area contributed by atoms with Crippen LogP contribution >= 0.6 is 11.6 Å². The predicted molar refractivity (Wildman–Crippen MR) is 97.1 cm³/mol. The number of methoxy groups -OCH3 is 1. The minimum atomic E-state index is -0.350. The molecule has 26 heavy (non-hydrogen) atoms. The number of nitrogens with one attached hydrogen (secondary N) is 1. The van der Waals surface area contributed by atoms with E-state index in [2.05, 4.69) is 20.3 Å². The van der Waals surface area contributed by atoms with Gasteiger partial charge in [-0.15, -0.1) is 0 Å². The summed E-state index contributed by atoms with van der Waals surface area (Å²) < 4.78 is 12.9. The summed E-state index contributed by atoms with van der Waals surface area (Å²) in [6, 6.07) is 5.00. The first kappa shape index (κ1) is 16.9. The van der Waals surface area contributed by atoms with E-state index in [-0.39, 0.29) is 12.2 Å². The van der Waals surface area contributed by atoms with E-state index in [4.69, 9.17) is 21.1 Å². The van der Waals surface area contributed by atoms with E-state index in [1.165, 1.54) is 0 Å². The molecule has 2 aromatic heterocycles. The fourth-order valence-corrected chi connectivity index (χ4v) is 3.29. The lowest BCUT2D eigenvalue weighted by Crippen LogP contribution is -2.17. The van der Waals surface area contributed by atoms with Crippen molar-refractivity contribution in [1.82, 2.24) is 19.5 Å². The number of aromatic nitrogens is 4. The van der Waals surface area contributed by atoms with Gasteiger partial charge in [0.2, 0.25) is 0 Å². The van der Waals surface area contributed by atoms with Gasteiger partial charge in [-0.25, -0.2) is 4.98 Å². The number of rotatable bonds is 4. The van der Waals surface area contributed by atoms with Gasteiger partial charge in [-0.05, 0) is 31.4 Å². The molecule has 1 aliphatic heterocycles. The van der Waals surface area contributed by atoms with E-state index in [9.17, 15) is 5.11 Å². The van der Waals surface area contributed by atoms with Crippen molar-refractivity contribution >= 4 is 34.3 Å². The highest BCUT2D eigenvalue weighted by atomic mass is 35.5. The monoisotopic (exact) mass is 375 g/mol. The number of imidazole rings is 1. The molecule has 4 rings (SSSR count). The van der Waals surface area contributed by atoms with Crippen LogP contribution in [0.3, 0.4) is 0 Å². The van der Waals surface area contributed by atoms with E-state index in [1.807, 2.05) is 4.57 Å². The van der Waals surface area contributed by atoms with Crippen molar-refractivity contribution in [3.05, 3.63) is 29.5 Å². The van der Waals surface area contributed by atoms with Crippen LogP contribution in [0, 0.1) is 0 Å². The normalized spacial score (nSPS) is 17.4. The topological polar surface area (TPSA) is 94.3 Å². The standard InChI is InChI=1S/C17H18ClN5O3/c1-25-11-6-4-5-10(13(11)18)20-15-14-16(22-17(24)21-15)23(9-19-14)12-7-2-3-8-26-12/h4-6,9,12H,2-3,7-8H2,1H3,(H2,20,21,22,24). The first-order chi connectivity index (χ1) is 12.7. The Morgan fingerprint density at radius 1 is 1.35 bits per heavy atom. The van der Waals surface area contributed by atoms with Crippen molar-refractivity contribution in [3.63, 3.8) is 0 Å². The molecule has 0 bridgehead atoms. The summed E-state index contributed by atoms with van der Waals surface area (Å²) in [5.41, 5.74) is 1.62. The number of fused-ring (bicyclic) bond motifs is 1. The highest BCUT2D eigenvalue weighted by molar-refractivity contribution is 6.34. The Kier molecular flexibility index (Phi) is 4.52. The third-order valence-electron chi connectivity index (χ3n) is 4.31. The second kappa shape index (κ2) is 6.97. The molecule has 2 N–H and O–H groups in total. The van der Waals surface area contributed by atoms with Gasteiger partial charge in [0.25, 0.3) is 0 Å². The molecule has 0 spiro atoms. The van der Waals surface area contributed by atoms with Crippen LogP contribution in [0.5, 0.6) is 11.8 Å². The van der Waals surface area contributed by atoms with Crippen molar-refractivity contribution in [2.45, 2.75) is 25.5 Å². The van der Waals surface area contributed by atoms with Crippen LogP contribution in [0.4, 0.5) is 11.5 Å². The summed E-state index contributed by atoms with van der Waals surface area (Å²) in [5, 5.41) is 13.5. The first-order valence-electron chi connectivity index (χ1n) is 8.32. The Morgan fingerprint density at radius 2 is 2.23 bits per heavy atom. The minimum Gasteiger partial charge on any atom is -0.495 e. The Balaban J connectivity index is 1.75. The molecule has 1 atom stereocenters. The number of hydrogen-bond acceptors (Lipinski definition) is 7. The third-order valence-corrected chi connectivity index (χ3v) is 4.70. The smallest absolute Gasteiger partial charge is 0.318 e. The Labute approximate surface area is 154 Å². The molecule has 1 aromatic carbocycles. The quantitative estimate of drug-likeness (QED) is 0.718. The van der Waals surface area contributed by atoms with Gasteiger partial charge in [0, 0.05) is 6.61 Å². The van der Waals surface area contributed by atoms with E-state index in [0.29, 0.717) is 40.0 Å². The van der Waals surface area contributed by atoms with Gasteiger partial charge in [0.1, 0.15) is 17.0 Å². The molecule has 1 saturated heterocycles. The minimum absolute atomic E-state index is 0.142. The third kappa shape index (κ3) is 3.02. The van der Waals surface area contributed by atoms with E-state index < -0.39 is 0 Å². The maximum Gasteiger partial charge on any atom is 0.318 e. The van der Waals surface area contributed by atoms with Crippen molar-refractivity contribution in [3.8, 4) is 11.8 Å². The molecular weight excluding hydrogens is 358 g/mol. The lowest BCUT2D eigenvalue weighted by Gasteiger charge is -2.23. The van der Waals surface area contributed by atoms with Crippen LogP contribution in [0.1, 0.15) is 25.5 Å². The Bertz CT molecular complexity index is 940. The molecule has 0 radical (unpaired) electrons. The largest absolute Gasteiger partial charge is 0.495 e. The van der Waals surface area contributed by atoms with Crippen LogP contribution in [0.15, 0.2) is 24.5 Å². The summed E-state index contributed by atoms with van der Waals surface area (Å²) in [5.74, 6) is 0.893. The molecule has 1 aliphatic rings. The number of anilines is 2. The number of aromatic hydroxyl groups is 1. The van der Waals surface area contributed by atoms with Gasteiger partial charge in [0.05, 0.1) is 19.1 Å². The number of nitrogens with zero attached hydrogens (tertiary/aromatic N) is 4. The van der Waals surface area contributed by atoms with Crippen LogP contribution in [0.2, 0.25) is 5.02 Å². The number of ether oxygens (including phenoxy) is 2. The summed E-state index contributed by atoms with van der Waals surface area (Å²) in [4.78, 5) is 12.6. The summed E-state index contributed by atoms with van der Waals surface area (Å²) in [6.45, 7) is 0.700. The molecule has 1 unspecified atom stereocenters. The van der Waals surface area contributed by atoms with Gasteiger partial charge >= 0.3 is 6.01 Å². The fraction of sp³-hybridized carbons (Fsp3) is 0.353. The number of benzene rings is 1. The van der Waals surface area contributed by atoms with Crippen molar-refractivity contribution < 1.29 is 14.6 Å². The molecule has 136 valence electrons. The fourth-order valence-electron chi connectivity index (χ4n) is 3.04. The Morgan fingerprint density at radius 3 is 3.00 bits per heavy atom. The zero-order chi connectivity index (χ0) is 18.1. The van der Waals surface area contributed by atoms with Gasteiger partial charge in [-0.3, -0.25) is 4.57 Å². The van der Waals surface area contributed by atoms with Crippen LogP contribution in [0.25, 0.3) is 11.2 Å². The van der Waals surface area contributed by atoms with Crippen molar-refractivity contribution in [1.29, 1.82) is 0 Å². The van der Waals surface area contributed by atoms with Crippen LogP contribution < -0.4 is 10.1 Å². The average Bonchev–Trinajstić information content (AvgIpc) is 3.08. The van der Waals surface area contributed by atoms with E-state index in [1.54, 1.807) is 31.6 Å². The lowest BCUT2D eigenvalue weighted by atomic mass is 10.2. The second-order valence-electron chi connectivity index (χ2n) is 5.96. The predicted octanol–water partition coefficient (Wildman–Crippen LogP) is 3.64. The molecular formula is C17H18ClN5O3. The Hall–Kier alpha value is -2.58. The molecule has 0 amide bonds. The summed E-state index contributed by atoms with van der Waals surface area (Å²) in [7, 11) is 1.55. The van der Waals surface area contributed by atoms with Gasteiger partial charge in [-0.1, -0.05) is 17.7 Å². The SMILES string of the molecule is COc1cccc(Nc2nc(O)nc3c2ncn3C2CCCCO2)c1Cl. The summed E-state index contributed by atoms with van der Waals surface area (Å²) >= 11 is 6.34. The number of hydrogen-bond donors (Lipinski definition) is 2. The molecule has 0 saturated carbocycles. The maximum absolute atomic E-state index is 10.00. The lowest BCUT2D eigenvalue weighted by molar-refractivity contribution is -0.0298. The summed E-state index contributed by atoms with van der Waals surface area (Å²) in [6.07, 6.45) is 4.51. The van der Waals surface area contributed by atoms with Gasteiger partial charge in [0.15, 0.2) is 17.0 Å². The molecule has 3 aromatic rings. The number of halogens is 1.